The molecule has 1 aliphatic rings. The largest absolute Gasteiger partial charge is 0.463 e. The fraction of sp³-hybridized carbons (Fsp3) is 0.929. The Morgan fingerprint density at radius 3 is 1.83 bits per heavy atom. The van der Waals surface area contributed by atoms with Crippen molar-refractivity contribution >= 4 is 11.9 Å². The first kappa shape index (κ1) is 32.8. The maximum absolute atomic E-state index is 12.3. The molecule has 8 nitrogen and oxygen atoms in total. The molecule has 1 heterocycles. The van der Waals surface area contributed by atoms with Gasteiger partial charge in [-0.05, 0) is 75.2 Å². The fourth-order valence-corrected chi connectivity index (χ4v) is 5.57. The Kier molecular flexibility index (Phi) is 12.8. The average Bonchev–Trinajstić information content (AvgIpc) is 2.72. The van der Waals surface area contributed by atoms with E-state index in [-0.39, 0.29) is 30.2 Å². The fourth-order valence-electron chi connectivity index (χ4n) is 5.57. The van der Waals surface area contributed by atoms with Crippen molar-refractivity contribution in [3.05, 3.63) is 0 Å². The first-order valence-electron chi connectivity index (χ1n) is 13.8. The van der Waals surface area contributed by atoms with E-state index < -0.39 is 16.6 Å². The van der Waals surface area contributed by atoms with Crippen molar-refractivity contribution in [2.75, 3.05) is 0 Å². The van der Waals surface area contributed by atoms with Gasteiger partial charge in [-0.15, -0.1) is 0 Å². The summed E-state index contributed by atoms with van der Waals surface area (Å²) in [5.41, 5.74) is -1.32. The molecule has 212 valence electrons. The Morgan fingerprint density at radius 2 is 1.36 bits per heavy atom. The standard InChI is InChI=1S/C28H54N2O6/c1-21(2)29(33)26(4,5)18-22(3)35-24(31)16-14-12-10-11-13-15-17-25(32)36-23-19-27(6,7)30(34)28(8,9)20-23/h21-23,33-34H,10-20H2,1-9H3. The summed E-state index contributed by atoms with van der Waals surface area (Å²) in [5.74, 6) is -0.343. The number of hydrogen-bond acceptors (Lipinski definition) is 8. The number of hydroxylamine groups is 4. The van der Waals surface area contributed by atoms with Crippen LogP contribution in [0.1, 0.15) is 133 Å². The maximum Gasteiger partial charge on any atom is 0.306 e. The number of ether oxygens (including phenoxy) is 2. The number of rotatable bonds is 15. The van der Waals surface area contributed by atoms with Crippen LogP contribution in [0.15, 0.2) is 0 Å². The Balaban J connectivity index is 2.14. The summed E-state index contributed by atoms with van der Waals surface area (Å²) in [6.45, 7) is 17.5. The van der Waals surface area contributed by atoms with Crippen molar-refractivity contribution < 1.29 is 29.5 Å². The summed E-state index contributed by atoms with van der Waals surface area (Å²) >= 11 is 0. The molecule has 1 rings (SSSR count). The second kappa shape index (κ2) is 14.1. The highest BCUT2D eigenvalue weighted by atomic mass is 16.6. The molecule has 0 saturated carbocycles. The number of unbranched alkanes of at least 4 members (excludes halogenated alkanes) is 5. The third-order valence-electron chi connectivity index (χ3n) is 7.14. The smallest absolute Gasteiger partial charge is 0.306 e. The van der Waals surface area contributed by atoms with Crippen LogP contribution in [0.5, 0.6) is 0 Å². The van der Waals surface area contributed by atoms with E-state index in [1.165, 1.54) is 10.1 Å². The van der Waals surface area contributed by atoms with Crippen LogP contribution in [-0.2, 0) is 19.1 Å². The molecule has 1 aliphatic heterocycles. The van der Waals surface area contributed by atoms with Gasteiger partial charge in [-0.3, -0.25) is 9.59 Å². The van der Waals surface area contributed by atoms with Crippen molar-refractivity contribution in [1.82, 2.24) is 10.1 Å². The lowest BCUT2D eigenvalue weighted by Crippen LogP contribution is -2.60. The van der Waals surface area contributed by atoms with Gasteiger partial charge in [0.25, 0.3) is 0 Å². The second-order valence-corrected chi connectivity index (χ2v) is 12.8. The van der Waals surface area contributed by atoms with Crippen molar-refractivity contribution in [1.29, 1.82) is 0 Å². The first-order valence-corrected chi connectivity index (χ1v) is 13.8. The normalized spacial score (nSPS) is 19.5. The summed E-state index contributed by atoms with van der Waals surface area (Å²) in [7, 11) is 0. The quantitative estimate of drug-likeness (QED) is 0.150. The highest BCUT2D eigenvalue weighted by molar-refractivity contribution is 5.69. The molecule has 0 spiro atoms. The molecule has 0 aliphatic carbocycles. The molecule has 0 bridgehead atoms. The lowest BCUT2D eigenvalue weighted by molar-refractivity contribution is -0.259. The molecule has 0 radical (unpaired) electrons. The molecule has 0 amide bonds. The highest BCUT2D eigenvalue weighted by Gasteiger charge is 2.46. The predicted molar refractivity (Wildman–Crippen MR) is 141 cm³/mol. The monoisotopic (exact) mass is 514 g/mol. The summed E-state index contributed by atoms with van der Waals surface area (Å²) in [4.78, 5) is 24.5. The zero-order chi connectivity index (χ0) is 27.7. The summed E-state index contributed by atoms with van der Waals surface area (Å²) in [6.07, 6.45) is 7.77. The van der Waals surface area contributed by atoms with E-state index in [4.69, 9.17) is 9.47 Å². The molecule has 0 aromatic rings. The van der Waals surface area contributed by atoms with Crippen molar-refractivity contribution in [2.24, 2.45) is 0 Å². The molecule has 1 atom stereocenters. The number of carbonyl (C=O) groups excluding carboxylic acids is 2. The zero-order valence-corrected chi connectivity index (χ0v) is 24.4. The van der Waals surface area contributed by atoms with Crippen molar-refractivity contribution in [3.8, 4) is 0 Å². The first-order chi connectivity index (χ1) is 16.5. The molecule has 1 fully saturated rings. The van der Waals surface area contributed by atoms with Gasteiger partial charge in [0.2, 0.25) is 0 Å². The van der Waals surface area contributed by atoms with Gasteiger partial charge < -0.3 is 19.9 Å². The van der Waals surface area contributed by atoms with E-state index in [0.717, 1.165) is 38.5 Å². The van der Waals surface area contributed by atoms with Gasteiger partial charge >= 0.3 is 11.9 Å². The van der Waals surface area contributed by atoms with Crippen LogP contribution in [0, 0.1) is 0 Å². The van der Waals surface area contributed by atoms with Crippen LogP contribution in [-0.4, -0.2) is 67.3 Å². The lowest BCUT2D eigenvalue weighted by atomic mass is 9.80. The summed E-state index contributed by atoms with van der Waals surface area (Å²) in [6, 6.07) is -0.00128. The molecule has 0 aromatic heterocycles. The lowest BCUT2D eigenvalue weighted by Gasteiger charge is -2.50. The predicted octanol–water partition coefficient (Wildman–Crippen LogP) is 6.26. The number of piperidine rings is 1. The Bertz CT molecular complexity index is 674. The number of esters is 2. The van der Waals surface area contributed by atoms with Gasteiger partial charge in [-0.25, -0.2) is 0 Å². The van der Waals surface area contributed by atoms with Gasteiger partial charge in [-0.2, -0.15) is 10.1 Å². The Hall–Kier alpha value is -1.22. The molecule has 2 N–H and O–H groups in total. The Labute approximate surface area is 219 Å². The molecule has 36 heavy (non-hydrogen) atoms. The topological polar surface area (TPSA) is 99.5 Å². The van der Waals surface area contributed by atoms with Crippen LogP contribution < -0.4 is 0 Å². The second-order valence-electron chi connectivity index (χ2n) is 12.8. The number of carbonyl (C=O) groups is 2. The Morgan fingerprint density at radius 1 is 0.917 bits per heavy atom. The summed E-state index contributed by atoms with van der Waals surface area (Å²) < 4.78 is 11.3. The van der Waals surface area contributed by atoms with Crippen LogP contribution in [0.25, 0.3) is 0 Å². The number of hydrogen-bond donors (Lipinski definition) is 2. The third-order valence-corrected chi connectivity index (χ3v) is 7.14. The third kappa shape index (κ3) is 11.0. The summed E-state index contributed by atoms with van der Waals surface area (Å²) in [5, 5.41) is 23.3. The van der Waals surface area contributed by atoms with Crippen molar-refractivity contribution in [2.45, 2.75) is 168 Å². The van der Waals surface area contributed by atoms with E-state index in [0.29, 0.717) is 32.1 Å². The van der Waals surface area contributed by atoms with Gasteiger partial charge in [0.15, 0.2) is 0 Å². The number of nitrogens with zero attached hydrogens (tertiary/aromatic N) is 2. The maximum atomic E-state index is 12.3. The van der Waals surface area contributed by atoms with Crippen LogP contribution in [0.4, 0.5) is 0 Å². The highest BCUT2D eigenvalue weighted by Crippen LogP contribution is 2.38. The average molecular weight is 515 g/mol. The van der Waals surface area contributed by atoms with Gasteiger partial charge in [0.1, 0.15) is 12.2 Å². The minimum absolute atomic E-state index is 0.00128. The molecule has 1 unspecified atom stereocenters. The van der Waals surface area contributed by atoms with E-state index in [9.17, 15) is 20.0 Å². The zero-order valence-electron chi connectivity index (χ0n) is 24.4. The van der Waals surface area contributed by atoms with E-state index in [2.05, 4.69) is 0 Å². The molecule has 8 heteroatoms. The van der Waals surface area contributed by atoms with Crippen molar-refractivity contribution in [3.63, 3.8) is 0 Å². The van der Waals surface area contributed by atoms with Crippen LogP contribution >= 0.6 is 0 Å². The molecular weight excluding hydrogens is 460 g/mol. The van der Waals surface area contributed by atoms with E-state index >= 15 is 0 Å². The van der Waals surface area contributed by atoms with Crippen LogP contribution in [0.2, 0.25) is 0 Å². The minimum atomic E-state index is -0.468. The van der Waals surface area contributed by atoms with E-state index in [1.807, 2.05) is 62.3 Å². The molecule has 1 saturated heterocycles. The van der Waals surface area contributed by atoms with Gasteiger partial charge in [0, 0.05) is 54.8 Å². The molecular formula is C28H54N2O6. The molecule has 0 aromatic carbocycles. The minimum Gasteiger partial charge on any atom is -0.463 e. The van der Waals surface area contributed by atoms with Crippen LogP contribution in [0.3, 0.4) is 0 Å². The van der Waals surface area contributed by atoms with Gasteiger partial charge in [0.05, 0.1) is 0 Å². The SMILES string of the molecule is CC(CC(C)(C)N(O)C(C)C)OC(=O)CCCCCCCCC(=O)OC1CC(C)(C)N(O)C(C)(C)C1. The van der Waals surface area contributed by atoms with Gasteiger partial charge in [-0.1, -0.05) is 25.7 Å². The van der Waals surface area contributed by atoms with E-state index in [1.54, 1.807) is 0 Å².